The molecular weight excluding hydrogens is 308 g/mol. The summed E-state index contributed by atoms with van der Waals surface area (Å²) in [7, 11) is 0. The number of aliphatic hydroxyl groups is 1. The summed E-state index contributed by atoms with van der Waals surface area (Å²) in [4.78, 5) is 11.6. The van der Waals surface area contributed by atoms with Gasteiger partial charge in [-0.1, -0.05) is 35.0 Å². The van der Waals surface area contributed by atoms with E-state index in [-0.39, 0.29) is 18.1 Å². The molecule has 4 nitrogen and oxygen atoms in total. The van der Waals surface area contributed by atoms with Gasteiger partial charge in [-0.05, 0) is 37.0 Å². The Labute approximate surface area is 122 Å². The van der Waals surface area contributed by atoms with Crippen molar-refractivity contribution in [3.8, 4) is 0 Å². The standard InChI is InChI=1S/C14H21BrN2O2/c1-10(6-11(2)18)8-16-14(19)17-9-12-4-3-5-13(15)7-12/h3-5,7,10-11,18H,6,8-9H2,1-2H3,(H2,16,17,19). The van der Waals surface area contributed by atoms with Crippen LogP contribution in [-0.2, 0) is 6.54 Å². The molecule has 19 heavy (non-hydrogen) atoms. The predicted molar refractivity (Wildman–Crippen MR) is 79.8 cm³/mol. The molecule has 2 unspecified atom stereocenters. The van der Waals surface area contributed by atoms with Gasteiger partial charge in [0, 0.05) is 17.6 Å². The molecule has 0 heterocycles. The number of rotatable bonds is 6. The minimum Gasteiger partial charge on any atom is -0.393 e. The third kappa shape index (κ3) is 7.18. The molecule has 0 aliphatic heterocycles. The van der Waals surface area contributed by atoms with Gasteiger partial charge in [0.2, 0.25) is 0 Å². The zero-order valence-corrected chi connectivity index (χ0v) is 12.9. The average molecular weight is 329 g/mol. The van der Waals surface area contributed by atoms with Crippen molar-refractivity contribution in [2.75, 3.05) is 6.54 Å². The summed E-state index contributed by atoms with van der Waals surface area (Å²) < 4.78 is 0.998. The van der Waals surface area contributed by atoms with Gasteiger partial charge in [0.05, 0.1) is 6.10 Å². The molecule has 1 aromatic carbocycles. The van der Waals surface area contributed by atoms with Crippen LogP contribution in [0.3, 0.4) is 0 Å². The Hall–Kier alpha value is -1.07. The summed E-state index contributed by atoms with van der Waals surface area (Å²) in [5.74, 6) is 0.261. The Morgan fingerprint density at radius 2 is 2.11 bits per heavy atom. The number of carbonyl (C=O) groups is 1. The summed E-state index contributed by atoms with van der Waals surface area (Å²) in [6.07, 6.45) is 0.355. The first-order valence-corrected chi connectivity index (χ1v) is 7.21. The minimum absolute atomic E-state index is 0.183. The number of hydrogen-bond acceptors (Lipinski definition) is 2. The molecule has 0 saturated carbocycles. The SMILES string of the molecule is CC(O)CC(C)CNC(=O)NCc1cccc(Br)c1. The van der Waals surface area contributed by atoms with E-state index in [2.05, 4.69) is 26.6 Å². The molecule has 1 rings (SSSR count). The highest BCUT2D eigenvalue weighted by atomic mass is 79.9. The fraction of sp³-hybridized carbons (Fsp3) is 0.500. The molecule has 1 aromatic rings. The Morgan fingerprint density at radius 3 is 2.74 bits per heavy atom. The first-order chi connectivity index (χ1) is 8.97. The molecule has 0 aliphatic rings. The van der Waals surface area contributed by atoms with Crippen molar-refractivity contribution in [1.82, 2.24) is 10.6 Å². The van der Waals surface area contributed by atoms with Gasteiger partial charge in [-0.15, -0.1) is 0 Å². The van der Waals surface area contributed by atoms with Crippen LogP contribution in [0.2, 0.25) is 0 Å². The van der Waals surface area contributed by atoms with Crippen molar-refractivity contribution >= 4 is 22.0 Å². The maximum absolute atomic E-state index is 11.6. The van der Waals surface area contributed by atoms with Gasteiger partial charge < -0.3 is 15.7 Å². The highest BCUT2D eigenvalue weighted by Crippen LogP contribution is 2.11. The minimum atomic E-state index is -0.332. The van der Waals surface area contributed by atoms with Crippen molar-refractivity contribution in [2.24, 2.45) is 5.92 Å². The quantitative estimate of drug-likeness (QED) is 0.751. The number of carbonyl (C=O) groups excluding carboxylic acids is 1. The van der Waals surface area contributed by atoms with Crippen LogP contribution in [0.5, 0.6) is 0 Å². The van der Waals surface area contributed by atoms with E-state index in [1.54, 1.807) is 6.92 Å². The molecule has 0 spiro atoms. The second-order valence-electron chi connectivity index (χ2n) is 4.88. The lowest BCUT2D eigenvalue weighted by Gasteiger charge is -2.14. The van der Waals surface area contributed by atoms with Gasteiger partial charge in [-0.25, -0.2) is 4.79 Å². The Kier molecular flexibility index (Phi) is 6.87. The van der Waals surface area contributed by atoms with Gasteiger partial charge in [-0.3, -0.25) is 0 Å². The molecular formula is C14H21BrN2O2. The van der Waals surface area contributed by atoms with Gasteiger partial charge in [0.1, 0.15) is 0 Å². The van der Waals surface area contributed by atoms with Crippen LogP contribution in [0.1, 0.15) is 25.8 Å². The van der Waals surface area contributed by atoms with Gasteiger partial charge in [-0.2, -0.15) is 0 Å². The second-order valence-corrected chi connectivity index (χ2v) is 5.80. The van der Waals surface area contributed by atoms with E-state index in [1.165, 1.54) is 0 Å². The van der Waals surface area contributed by atoms with E-state index in [1.807, 2.05) is 31.2 Å². The number of amides is 2. The smallest absolute Gasteiger partial charge is 0.315 e. The van der Waals surface area contributed by atoms with Crippen molar-refractivity contribution in [3.63, 3.8) is 0 Å². The maximum atomic E-state index is 11.6. The van der Waals surface area contributed by atoms with Gasteiger partial charge >= 0.3 is 6.03 Å². The zero-order chi connectivity index (χ0) is 14.3. The highest BCUT2D eigenvalue weighted by Gasteiger charge is 2.08. The van der Waals surface area contributed by atoms with Crippen molar-refractivity contribution in [3.05, 3.63) is 34.3 Å². The molecule has 0 aliphatic carbocycles. The number of aliphatic hydroxyl groups excluding tert-OH is 1. The highest BCUT2D eigenvalue weighted by molar-refractivity contribution is 9.10. The molecule has 0 bridgehead atoms. The van der Waals surface area contributed by atoms with E-state index in [9.17, 15) is 9.90 Å². The summed E-state index contributed by atoms with van der Waals surface area (Å²) in [5, 5.41) is 14.8. The van der Waals surface area contributed by atoms with Crippen LogP contribution in [0.15, 0.2) is 28.7 Å². The molecule has 0 aromatic heterocycles. The first kappa shape index (κ1) is 16.0. The van der Waals surface area contributed by atoms with Crippen LogP contribution in [0.4, 0.5) is 4.79 Å². The van der Waals surface area contributed by atoms with Crippen LogP contribution >= 0.6 is 15.9 Å². The van der Waals surface area contributed by atoms with Crippen LogP contribution in [0.25, 0.3) is 0 Å². The monoisotopic (exact) mass is 328 g/mol. The second kappa shape index (κ2) is 8.17. The fourth-order valence-electron chi connectivity index (χ4n) is 1.82. The topological polar surface area (TPSA) is 61.4 Å². The lowest BCUT2D eigenvalue weighted by Crippen LogP contribution is -2.37. The zero-order valence-electron chi connectivity index (χ0n) is 11.3. The van der Waals surface area contributed by atoms with E-state index in [0.717, 1.165) is 10.0 Å². The van der Waals surface area contributed by atoms with Crippen LogP contribution < -0.4 is 10.6 Å². The molecule has 5 heteroatoms. The summed E-state index contributed by atoms with van der Waals surface area (Å²) >= 11 is 3.39. The third-order valence-corrected chi connectivity index (χ3v) is 3.19. The van der Waals surface area contributed by atoms with Gasteiger partial charge in [0.15, 0.2) is 0 Å². The van der Waals surface area contributed by atoms with Crippen molar-refractivity contribution in [1.29, 1.82) is 0 Å². The van der Waals surface area contributed by atoms with Gasteiger partial charge in [0.25, 0.3) is 0 Å². The summed E-state index contributed by atoms with van der Waals surface area (Å²) in [6, 6.07) is 7.63. The summed E-state index contributed by atoms with van der Waals surface area (Å²) in [6.45, 7) is 4.82. The predicted octanol–water partition coefficient (Wildman–Crippen LogP) is 2.66. The maximum Gasteiger partial charge on any atom is 0.315 e. The van der Waals surface area contributed by atoms with Crippen LogP contribution in [-0.4, -0.2) is 23.8 Å². The Bertz CT molecular complexity index is 410. The molecule has 0 radical (unpaired) electrons. The normalized spacial score (nSPS) is 13.7. The lowest BCUT2D eigenvalue weighted by molar-refractivity contribution is 0.163. The van der Waals surface area contributed by atoms with Crippen molar-refractivity contribution in [2.45, 2.75) is 32.9 Å². The van der Waals surface area contributed by atoms with Crippen LogP contribution in [0, 0.1) is 5.92 Å². The van der Waals surface area contributed by atoms with E-state index >= 15 is 0 Å². The number of nitrogens with one attached hydrogen (secondary N) is 2. The molecule has 106 valence electrons. The van der Waals surface area contributed by atoms with E-state index < -0.39 is 0 Å². The number of urea groups is 1. The molecule has 2 amide bonds. The molecule has 0 fully saturated rings. The number of hydrogen-bond donors (Lipinski definition) is 3. The van der Waals surface area contributed by atoms with E-state index in [0.29, 0.717) is 19.5 Å². The largest absolute Gasteiger partial charge is 0.393 e. The summed E-state index contributed by atoms with van der Waals surface area (Å²) in [5.41, 5.74) is 1.04. The van der Waals surface area contributed by atoms with Crippen molar-refractivity contribution < 1.29 is 9.90 Å². The molecule has 3 N–H and O–H groups in total. The third-order valence-electron chi connectivity index (χ3n) is 2.70. The fourth-order valence-corrected chi connectivity index (χ4v) is 2.27. The molecule has 2 atom stereocenters. The average Bonchev–Trinajstić information content (AvgIpc) is 2.33. The first-order valence-electron chi connectivity index (χ1n) is 6.41. The Morgan fingerprint density at radius 1 is 1.37 bits per heavy atom. The number of benzene rings is 1. The Balaban J connectivity index is 2.25. The van der Waals surface area contributed by atoms with E-state index in [4.69, 9.17) is 0 Å². The molecule has 0 saturated heterocycles. The number of halogens is 1. The lowest BCUT2D eigenvalue weighted by atomic mass is 10.1.